The number of alkyl halides is 1. The van der Waals surface area contributed by atoms with Crippen molar-refractivity contribution >= 4 is 11.8 Å². The Hall–Kier alpha value is -0.930. The van der Waals surface area contributed by atoms with Gasteiger partial charge in [0.25, 0.3) is 0 Å². The fourth-order valence-electron chi connectivity index (χ4n) is 4.54. The van der Waals surface area contributed by atoms with Crippen molar-refractivity contribution in [1.29, 1.82) is 0 Å². The summed E-state index contributed by atoms with van der Waals surface area (Å²) in [5, 5.41) is 0. The minimum absolute atomic E-state index is 0.0290. The molecule has 0 amide bonds. The number of carbonyl (C=O) groups excluding carboxylic acids is 2. The largest absolute Gasteiger partial charge is 0.462 e. The van der Waals surface area contributed by atoms with E-state index in [0.717, 1.165) is 19.3 Å². The minimum atomic E-state index is -2.03. The average molecular weight is 284 g/mol. The lowest BCUT2D eigenvalue weighted by Crippen LogP contribution is -2.63. The Bertz CT molecular complexity index is 431. The lowest BCUT2D eigenvalue weighted by molar-refractivity contribution is -0.184. The van der Waals surface area contributed by atoms with Crippen molar-refractivity contribution in [1.82, 2.24) is 0 Å². The number of fused-ring (bicyclic) bond motifs is 1. The molecule has 0 bridgehead atoms. The average Bonchev–Trinajstić information content (AvgIpc) is 2.32. The maximum absolute atomic E-state index is 15.6. The topological polar surface area (TPSA) is 43.4 Å². The molecule has 0 N–H and O–H groups in total. The zero-order valence-corrected chi connectivity index (χ0v) is 12.9. The van der Waals surface area contributed by atoms with Gasteiger partial charge in [0.05, 0.1) is 0 Å². The van der Waals surface area contributed by atoms with Crippen LogP contribution in [-0.4, -0.2) is 24.0 Å². The van der Waals surface area contributed by atoms with E-state index in [2.05, 4.69) is 13.8 Å². The standard InChI is InChI=1S/C16H25FO3/c1-11(18)20-10-16(17)13(19)7-6-12-14(2,3)8-5-9-15(12,16)4/h12H,5-10H2,1-4H3/t12-,15-,16+/m0/s1. The van der Waals surface area contributed by atoms with Gasteiger partial charge in [-0.3, -0.25) is 9.59 Å². The van der Waals surface area contributed by atoms with Crippen LogP contribution < -0.4 is 0 Å². The van der Waals surface area contributed by atoms with Crippen molar-refractivity contribution in [3.63, 3.8) is 0 Å². The number of halogens is 1. The molecule has 2 saturated carbocycles. The molecule has 0 aliphatic heterocycles. The maximum atomic E-state index is 15.6. The van der Waals surface area contributed by atoms with E-state index in [1.54, 1.807) is 0 Å². The number of carbonyl (C=O) groups is 2. The Balaban J connectivity index is 2.37. The summed E-state index contributed by atoms with van der Waals surface area (Å²) >= 11 is 0. The van der Waals surface area contributed by atoms with Crippen molar-refractivity contribution < 1.29 is 18.7 Å². The molecule has 0 unspecified atom stereocenters. The second-order valence-electron chi connectivity index (χ2n) is 7.36. The highest BCUT2D eigenvalue weighted by Crippen LogP contribution is 2.61. The Morgan fingerprint density at radius 2 is 2.00 bits per heavy atom. The number of rotatable bonds is 2. The van der Waals surface area contributed by atoms with Crippen LogP contribution in [-0.2, 0) is 14.3 Å². The molecule has 114 valence electrons. The lowest BCUT2D eigenvalue weighted by Gasteiger charge is -2.58. The van der Waals surface area contributed by atoms with Crippen LogP contribution in [0.2, 0.25) is 0 Å². The molecule has 20 heavy (non-hydrogen) atoms. The highest BCUT2D eigenvalue weighted by Gasteiger charge is 2.64. The van der Waals surface area contributed by atoms with E-state index < -0.39 is 29.4 Å². The Kier molecular flexibility index (Phi) is 3.72. The Labute approximate surface area is 120 Å². The third-order valence-corrected chi connectivity index (χ3v) is 5.71. The van der Waals surface area contributed by atoms with Gasteiger partial charge < -0.3 is 4.74 Å². The van der Waals surface area contributed by atoms with Gasteiger partial charge in [-0.25, -0.2) is 4.39 Å². The molecule has 0 radical (unpaired) electrons. The van der Waals surface area contributed by atoms with E-state index in [0.29, 0.717) is 6.42 Å². The van der Waals surface area contributed by atoms with Crippen LogP contribution in [0.3, 0.4) is 0 Å². The predicted molar refractivity (Wildman–Crippen MR) is 73.9 cm³/mol. The van der Waals surface area contributed by atoms with E-state index in [9.17, 15) is 9.59 Å². The van der Waals surface area contributed by atoms with E-state index in [1.165, 1.54) is 6.92 Å². The van der Waals surface area contributed by atoms with Crippen molar-refractivity contribution in [2.24, 2.45) is 16.7 Å². The summed E-state index contributed by atoms with van der Waals surface area (Å²) < 4.78 is 20.5. The maximum Gasteiger partial charge on any atom is 0.302 e. The molecular weight excluding hydrogens is 259 g/mol. The van der Waals surface area contributed by atoms with Crippen LogP contribution in [0.1, 0.15) is 59.8 Å². The van der Waals surface area contributed by atoms with Gasteiger partial charge >= 0.3 is 5.97 Å². The number of ketones is 1. The molecule has 0 aromatic heterocycles. The van der Waals surface area contributed by atoms with Crippen molar-refractivity contribution in [2.75, 3.05) is 6.61 Å². The van der Waals surface area contributed by atoms with Crippen LogP contribution in [0.5, 0.6) is 0 Å². The Morgan fingerprint density at radius 1 is 1.35 bits per heavy atom. The fourth-order valence-corrected chi connectivity index (χ4v) is 4.54. The normalized spacial score (nSPS) is 40.0. The summed E-state index contributed by atoms with van der Waals surface area (Å²) in [4.78, 5) is 23.3. The molecule has 0 spiro atoms. The molecule has 3 atom stereocenters. The van der Waals surface area contributed by atoms with Crippen molar-refractivity contribution in [3.8, 4) is 0 Å². The van der Waals surface area contributed by atoms with Crippen LogP contribution in [0.4, 0.5) is 4.39 Å². The summed E-state index contributed by atoms with van der Waals surface area (Å²) in [6.07, 6.45) is 3.66. The molecule has 0 aromatic carbocycles. The number of hydrogen-bond donors (Lipinski definition) is 0. The molecule has 0 saturated heterocycles. The summed E-state index contributed by atoms with van der Waals surface area (Å²) in [6.45, 7) is 7.03. The summed E-state index contributed by atoms with van der Waals surface area (Å²) in [6, 6.07) is 0. The highest BCUT2D eigenvalue weighted by atomic mass is 19.1. The second kappa shape index (κ2) is 4.81. The zero-order valence-electron chi connectivity index (χ0n) is 12.9. The molecule has 2 aliphatic rings. The van der Waals surface area contributed by atoms with Crippen molar-refractivity contribution in [3.05, 3.63) is 0 Å². The number of ether oxygens (including phenoxy) is 1. The smallest absolute Gasteiger partial charge is 0.302 e. The van der Waals surface area contributed by atoms with E-state index in [4.69, 9.17) is 4.74 Å². The number of hydrogen-bond acceptors (Lipinski definition) is 3. The van der Waals surface area contributed by atoms with Gasteiger partial charge in [-0.05, 0) is 30.6 Å². The van der Waals surface area contributed by atoms with Gasteiger partial charge in [0.1, 0.15) is 6.61 Å². The van der Waals surface area contributed by atoms with Crippen LogP contribution in [0, 0.1) is 16.7 Å². The van der Waals surface area contributed by atoms with E-state index in [1.807, 2.05) is 6.92 Å². The highest BCUT2D eigenvalue weighted by molar-refractivity contribution is 5.89. The fraction of sp³-hybridized carbons (Fsp3) is 0.875. The third-order valence-electron chi connectivity index (χ3n) is 5.71. The van der Waals surface area contributed by atoms with Crippen LogP contribution in [0.15, 0.2) is 0 Å². The van der Waals surface area contributed by atoms with E-state index >= 15 is 4.39 Å². The van der Waals surface area contributed by atoms with E-state index in [-0.39, 0.29) is 17.8 Å². The predicted octanol–water partition coefficient (Wildman–Crippen LogP) is 3.45. The molecule has 3 nitrogen and oxygen atoms in total. The lowest BCUT2D eigenvalue weighted by atomic mass is 9.47. The second-order valence-corrected chi connectivity index (χ2v) is 7.36. The summed E-state index contributed by atoms with van der Waals surface area (Å²) in [5.41, 5.74) is -2.72. The first-order chi connectivity index (χ1) is 9.13. The van der Waals surface area contributed by atoms with Gasteiger partial charge in [-0.2, -0.15) is 0 Å². The van der Waals surface area contributed by atoms with Gasteiger partial charge in [0.2, 0.25) is 5.67 Å². The number of Topliss-reactive ketones (excluding diaryl/α,β-unsaturated/α-hetero) is 1. The molecule has 4 heteroatoms. The number of esters is 1. The van der Waals surface area contributed by atoms with Crippen molar-refractivity contribution in [2.45, 2.75) is 65.5 Å². The van der Waals surface area contributed by atoms with Crippen LogP contribution >= 0.6 is 0 Å². The molecule has 2 aliphatic carbocycles. The molecule has 0 aromatic rings. The molecular formula is C16H25FO3. The quantitative estimate of drug-likeness (QED) is 0.729. The van der Waals surface area contributed by atoms with Gasteiger partial charge in [0, 0.05) is 18.8 Å². The minimum Gasteiger partial charge on any atom is -0.462 e. The van der Waals surface area contributed by atoms with Gasteiger partial charge in [-0.1, -0.05) is 27.2 Å². The third kappa shape index (κ3) is 2.17. The first kappa shape index (κ1) is 15.5. The summed E-state index contributed by atoms with van der Waals surface area (Å²) in [5.74, 6) is -0.771. The monoisotopic (exact) mass is 284 g/mol. The summed E-state index contributed by atoms with van der Waals surface area (Å²) in [7, 11) is 0. The molecule has 2 rings (SSSR count). The van der Waals surface area contributed by atoms with Crippen LogP contribution in [0.25, 0.3) is 0 Å². The zero-order chi connectivity index (χ0) is 15.2. The first-order valence-electron chi connectivity index (χ1n) is 7.49. The van der Waals surface area contributed by atoms with Gasteiger partial charge in [-0.15, -0.1) is 0 Å². The first-order valence-corrected chi connectivity index (χ1v) is 7.49. The SMILES string of the molecule is CC(=O)OC[C@@]1(F)C(=O)CC[C@H]2C(C)(C)CCC[C@@]21C. The molecule has 2 fully saturated rings. The Morgan fingerprint density at radius 3 is 2.60 bits per heavy atom. The molecule has 0 heterocycles. The van der Waals surface area contributed by atoms with Gasteiger partial charge in [0.15, 0.2) is 5.78 Å².